The van der Waals surface area contributed by atoms with Crippen LogP contribution in [0.5, 0.6) is 11.5 Å². The number of ether oxygens (including phenoxy) is 1. The summed E-state index contributed by atoms with van der Waals surface area (Å²) in [7, 11) is 1.86. The van der Waals surface area contributed by atoms with Gasteiger partial charge in [-0.25, -0.2) is 0 Å². The molecule has 0 bridgehead atoms. The van der Waals surface area contributed by atoms with Crippen LogP contribution < -0.4 is 4.74 Å². The largest absolute Gasteiger partial charge is 0.453 e. The van der Waals surface area contributed by atoms with Crippen molar-refractivity contribution in [1.82, 2.24) is 9.78 Å². The smallest absolute Gasteiger partial charge is 0.171 e. The molecule has 0 spiro atoms. The van der Waals surface area contributed by atoms with Crippen molar-refractivity contribution >= 4 is 21.7 Å². The third-order valence-corrected chi connectivity index (χ3v) is 3.47. The first kappa shape index (κ1) is 13.8. The van der Waals surface area contributed by atoms with Crippen molar-refractivity contribution in [3.05, 3.63) is 39.6 Å². The highest BCUT2D eigenvalue weighted by molar-refractivity contribution is 9.10. The molecule has 0 aliphatic rings. The van der Waals surface area contributed by atoms with E-state index in [-0.39, 0.29) is 5.78 Å². The molecule has 0 aliphatic carbocycles. The number of halogens is 1. The third-order valence-electron chi connectivity index (χ3n) is 2.98. The summed E-state index contributed by atoms with van der Waals surface area (Å²) in [5.41, 5.74) is 2.28. The predicted molar refractivity (Wildman–Crippen MR) is 76.9 cm³/mol. The molecule has 100 valence electrons. The van der Waals surface area contributed by atoms with Gasteiger partial charge in [-0.05, 0) is 39.0 Å². The van der Waals surface area contributed by atoms with E-state index in [0.717, 1.165) is 15.9 Å². The van der Waals surface area contributed by atoms with Crippen LogP contribution in [-0.4, -0.2) is 15.6 Å². The molecule has 0 unspecified atom stereocenters. The Morgan fingerprint density at radius 3 is 2.58 bits per heavy atom. The summed E-state index contributed by atoms with van der Waals surface area (Å²) in [6.45, 7) is 5.34. The zero-order chi connectivity index (χ0) is 14.2. The molecule has 0 aliphatic heterocycles. The summed E-state index contributed by atoms with van der Waals surface area (Å²) in [5, 5.41) is 4.30. The van der Waals surface area contributed by atoms with E-state index in [4.69, 9.17) is 4.74 Å². The van der Waals surface area contributed by atoms with Gasteiger partial charge >= 0.3 is 0 Å². The Balaban J connectivity index is 2.48. The van der Waals surface area contributed by atoms with E-state index >= 15 is 0 Å². The van der Waals surface area contributed by atoms with Crippen LogP contribution in [0.4, 0.5) is 0 Å². The molecule has 0 fully saturated rings. The van der Waals surface area contributed by atoms with E-state index in [9.17, 15) is 4.79 Å². The third kappa shape index (κ3) is 2.71. The molecular formula is C14H15BrN2O2. The number of benzene rings is 1. The van der Waals surface area contributed by atoms with Crippen LogP contribution in [0.3, 0.4) is 0 Å². The Morgan fingerprint density at radius 1 is 1.37 bits per heavy atom. The van der Waals surface area contributed by atoms with Crippen molar-refractivity contribution in [3.63, 3.8) is 0 Å². The number of aromatic nitrogens is 2. The molecule has 0 atom stereocenters. The van der Waals surface area contributed by atoms with Gasteiger partial charge in [0.2, 0.25) is 0 Å². The zero-order valence-electron chi connectivity index (χ0n) is 11.3. The van der Waals surface area contributed by atoms with Crippen LogP contribution in [0.2, 0.25) is 0 Å². The monoisotopic (exact) mass is 322 g/mol. The molecule has 1 aromatic carbocycles. The number of carbonyl (C=O) groups is 1. The maximum absolute atomic E-state index is 11.6. The average Bonchev–Trinajstić information content (AvgIpc) is 2.56. The number of hydrogen-bond acceptors (Lipinski definition) is 3. The summed E-state index contributed by atoms with van der Waals surface area (Å²) < 4.78 is 8.53. The van der Waals surface area contributed by atoms with Crippen molar-refractivity contribution in [2.24, 2.45) is 7.05 Å². The molecule has 2 rings (SSSR count). The van der Waals surface area contributed by atoms with Crippen molar-refractivity contribution in [2.45, 2.75) is 20.8 Å². The van der Waals surface area contributed by atoms with Crippen molar-refractivity contribution < 1.29 is 9.53 Å². The molecule has 0 saturated heterocycles. The summed E-state index contributed by atoms with van der Waals surface area (Å²) in [5.74, 6) is 1.21. The first-order valence-electron chi connectivity index (χ1n) is 5.88. The predicted octanol–water partition coefficient (Wildman–Crippen LogP) is 3.79. The summed E-state index contributed by atoms with van der Waals surface area (Å²) in [6.07, 6.45) is 0. The zero-order valence-corrected chi connectivity index (χ0v) is 12.9. The molecule has 4 nitrogen and oxygen atoms in total. The minimum absolute atomic E-state index is 0.0262. The van der Waals surface area contributed by atoms with Crippen molar-refractivity contribution in [1.29, 1.82) is 0 Å². The van der Waals surface area contributed by atoms with Crippen molar-refractivity contribution in [2.75, 3.05) is 0 Å². The van der Waals surface area contributed by atoms with Gasteiger partial charge in [0, 0.05) is 11.5 Å². The Bertz CT molecular complexity index is 647. The standard InChI is InChI=1S/C14H15BrN2O2/c1-8-14(9(2)17(4)16-8)19-13-7-11(15)5-6-12(13)10(3)18/h5-7H,1-4H3. The van der Waals surface area contributed by atoms with E-state index in [2.05, 4.69) is 21.0 Å². The molecule has 1 heterocycles. The first-order chi connectivity index (χ1) is 8.90. The molecule has 5 heteroatoms. The second-order valence-corrected chi connectivity index (χ2v) is 5.34. The van der Waals surface area contributed by atoms with Gasteiger partial charge < -0.3 is 4.74 Å². The van der Waals surface area contributed by atoms with Gasteiger partial charge in [0.15, 0.2) is 11.5 Å². The van der Waals surface area contributed by atoms with E-state index < -0.39 is 0 Å². The fraction of sp³-hybridized carbons (Fsp3) is 0.286. The van der Waals surface area contributed by atoms with Crippen LogP contribution in [0.25, 0.3) is 0 Å². The molecule has 0 radical (unpaired) electrons. The van der Waals surface area contributed by atoms with Crippen LogP contribution >= 0.6 is 15.9 Å². The number of nitrogens with zero attached hydrogens (tertiary/aromatic N) is 2. The van der Waals surface area contributed by atoms with E-state index in [1.165, 1.54) is 6.92 Å². The highest BCUT2D eigenvalue weighted by atomic mass is 79.9. The van der Waals surface area contributed by atoms with Gasteiger partial charge in [0.1, 0.15) is 11.4 Å². The second kappa shape index (κ2) is 5.17. The molecule has 0 N–H and O–H groups in total. The lowest BCUT2D eigenvalue weighted by Gasteiger charge is -2.10. The number of aryl methyl sites for hydroxylation is 2. The number of carbonyl (C=O) groups excluding carboxylic acids is 1. The molecular weight excluding hydrogens is 308 g/mol. The van der Waals surface area contributed by atoms with Crippen LogP contribution in [0, 0.1) is 13.8 Å². The molecule has 2 aromatic rings. The minimum atomic E-state index is -0.0262. The summed E-state index contributed by atoms with van der Waals surface area (Å²) in [4.78, 5) is 11.6. The lowest BCUT2D eigenvalue weighted by molar-refractivity contribution is 0.101. The Morgan fingerprint density at radius 2 is 2.05 bits per heavy atom. The van der Waals surface area contributed by atoms with Gasteiger partial charge in [0.25, 0.3) is 0 Å². The SMILES string of the molecule is CC(=O)c1ccc(Br)cc1Oc1c(C)nn(C)c1C. The van der Waals surface area contributed by atoms with Gasteiger partial charge in [-0.2, -0.15) is 5.10 Å². The molecule has 1 aromatic heterocycles. The molecule has 0 amide bonds. The van der Waals surface area contributed by atoms with E-state index in [0.29, 0.717) is 17.1 Å². The van der Waals surface area contributed by atoms with E-state index in [1.807, 2.05) is 27.0 Å². The quantitative estimate of drug-likeness (QED) is 0.807. The lowest BCUT2D eigenvalue weighted by Crippen LogP contribution is -1.98. The van der Waals surface area contributed by atoms with Crippen LogP contribution in [-0.2, 0) is 7.05 Å². The van der Waals surface area contributed by atoms with Gasteiger partial charge in [-0.1, -0.05) is 15.9 Å². The van der Waals surface area contributed by atoms with Gasteiger partial charge in [-0.3, -0.25) is 9.48 Å². The maximum Gasteiger partial charge on any atom is 0.171 e. The fourth-order valence-electron chi connectivity index (χ4n) is 1.88. The van der Waals surface area contributed by atoms with Crippen molar-refractivity contribution in [3.8, 4) is 11.5 Å². The number of rotatable bonds is 3. The van der Waals surface area contributed by atoms with E-state index in [1.54, 1.807) is 16.8 Å². The Kier molecular flexibility index (Phi) is 3.75. The van der Waals surface area contributed by atoms with Crippen LogP contribution in [0.15, 0.2) is 22.7 Å². The summed E-state index contributed by atoms with van der Waals surface area (Å²) >= 11 is 3.39. The maximum atomic E-state index is 11.6. The highest BCUT2D eigenvalue weighted by Crippen LogP contribution is 2.32. The fourth-order valence-corrected chi connectivity index (χ4v) is 2.22. The summed E-state index contributed by atoms with van der Waals surface area (Å²) in [6, 6.07) is 5.37. The second-order valence-electron chi connectivity index (χ2n) is 4.42. The first-order valence-corrected chi connectivity index (χ1v) is 6.68. The number of Topliss-reactive ketones (excluding diaryl/α,β-unsaturated/α-hetero) is 1. The normalized spacial score (nSPS) is 10.6. The highest BCUT2D eigenvalue weighted by Gasteiger charge is 2.15. The average molecular weight is 323 g/mol. The minimum Gasteiger partial charge on any atom is -0.453 e. The lowest BCUT2D eigenvalue weighted by atomic mass is 10.1. The van der Waals surface area contributed by atoms with Crippen LogP contribution in [0.1, 0.15) is 28.7 Å². The Labute approximate surface area is 120 Å². The van der Waals surface area contributed by atoms with Gasteiger partial charge in [0.05, 0.1) is 11.3 Å². The number of ketones is 1. The molecule has 0 saturated carbocycles. The Hall–Kier alpha value is -1.62. The molecule has 19 heavy (non-hydrogen) atoms. The topological polar surface area (TPSA) is 44.1 Å². The number of hydrogen-bond donors (Lipinski definition) is 0. The van der Waals surface area contributed by atoms with Gasteiger partial charge in [-0.15, -0.1) is 0 Å².